The van der Waals surface area contributed by atoms with Gasteiger partial charge in [0.25, 0.3) is 5.91 Å². The lowest BCUT2D eigenvalue weighted by Gasteiger charge is -2.34. The number of hydrogen-bond donors (Lipinski definition) is 3. The largest absolute Gasteiger partial charge is 0.384 e. The molecule has 4 unspecified atom stereocenters. The third kappa shape index (κ3) is 6.52. The van der Waals surface area contributed by atoms with Crippen molar-refractivity contribution in [3.8, 4) is 0 Å². The number of hydrogen-bond acceptors (Lipinski definition) is 4. The van der Waals surface area contributed by atoms with Gasteiger partial charge in [0.2, 0.25) is 11.8 Å². The number of halogens is 2. The highest BCUT2D eigenvalue weighted by molar-refractivity contribution is 5.89. The van der Waals surface area contributed by atoms with Crippen LogP contribution in [0.3, 0.4) is 0 Å². The Balaban J connectivity index is 2.09. The molecule has 1 heterocycles. The number of alkyl halides is 2. The minimum absolute atomic E-state index is 0.0927. The third-order valence-electron chi connectivity index (χ3n) is 6.57. The van der Waals surface area contributed by atoms with Crippen molar-refractivity contribution in [2.24, 2.45) is 17.8 Å². The predicted octanol–water partition coefficient (Wildman–Crippen LogP) is 2.72. The summed E-state index contributed by atoms with van der Waals surface area (Å²) in [7, 11) is 0. The lowest BCUT2D eigenvalue weighted by atomic mass is 9.93. The standard InChI is InChI=1S/C25H37F2N3O4/c1-15(2)17(5)23(33)30-13-9-12-19(30)22(32)29-20(16(3)4)21(31)25(26,27)24(34)28-14-18-10-7-6-8-11-18/h6-8,10-11,15-17,19-21,31H,9,12-14H2,1-5H3,(H,28,34)(H,29,32). The van der Waals surface area contributed by atoms with E-state index in [1.165, 1.54) is 4.90 Å². The number of aliphatic hydroxyl groups excluding tert-OH is 1. The molecule has 1 aliphatic rings. The number of nitrogens with zero attached hydrogens (tertiary/aromatic N) is 1. The highest BCUT2D eigenvalue weighted by atomic mass is 19.3. The summed E-state index contributed by atoms with van der Waals surface area (Å²) in [5, 5.41) is 15.2. The Kier molecular flexibility index (Phi) is 9.55. The first-order valence-electron chi connectivity index (χ1n) is 11.9. The maximum Gasteiger partial charge on any atom is 0.351 e. The van der Waals surface area contributed by atoms with E-state index in [2.05, 4.69) is 10.6 Å². The minimum Gasteiger partial charge on any atom is -0.384 e. The first-order valence-corrected chi connectivity index (χ1v) is 11.9. The fourth-order valence-corrected chi connectivity index (χ4v) is 3.98. The monoisotopic (exact) mass is 481 g/mol. The molecule has 0 bridgehead atoms. The third-order valence-corrected chi connectivity index (χ3v) is 6.57. The van der Waals surface area contributed by atoms with Gasteiger partial charge in [-0.25, -0.2) is 0 Å². The smallest absolute Gasteiger partial charge is 0.351 e. The van der Waals surface area contributed by atoms with Gasteiger partial charge < -0.3 is 20.6 Å². The number of carbonyl (C=O) groups excluding carboxylic acids is 3. The average molecular weight is 482 g/mol. The summed E-state index contributed by atoms with van der Waals surface area (Å²) in [4.78, 5) is 39.6. The second-order valence-corrected chi connectivity index (χ2v) is 9.74. The van der Waals surface area contributed by atoms with Gasteiger partial charge in [-0.3, -0.25) is 14.4 Å². The molecule has 0 aliphatic carbocycles. The van der Waals surface area contributed by atoms with E-state index in [1.54, 1.807) is 51.1 Å². The van der Waals surface area contributed by atoms with Gasteiger partial charge in [-0.15, -0.1) is 0 Å². The zero-order valence-corrected chi connectivity index (χ0v) is 20.6. The maximum absolute atomic E-state index is 14.9. The van der Waals surface area contributed by atoms with Gasteiger partial charge in [0.05, 0.1) is 6.04 Å². The molecule has 1 aromatic rings. The van der Waals surface area contributed by atoms with Crippen molar-refractivity contribution in [1.29, 1.82) is 0 Å². The van der Waals surface area contributed by atoms with Gasteiger partial charge in [0, 0.05) is 19.0 Å². The summed E-state index contributed by atoms with van der Waals surface area (Å²) in [6, 6.07) is 6.40. The van der Waals surface area contributed by atoms with Gasteiger partial charge in [-0.05, 0) is 30.2 Å². The number of likely N-dealkylation sites (tertiary alicyclic amines) is 1. The number of rotatable bonds is 10. The Bertz CT molecular complexity index is 848. The number of amides is 3. The molecule has 9 heteroatoms. The van der Waals surface area contributed by atoms with Crippen LogP contribution in [0.4, 0.5) is 8.78 Å². The van der Waals surface area contributed by atoms with Crippen LogP contribution in [-0.2, 0) is 20.9 Å². The molecule has 7 nitrogen and oxygen atoms in total. The number of nitrogens with one attached hydrogen (secondary N) is 2. The quantitative estimate of drug-likeness (QED) is 0.479. The van der Waals surface area contributed by atoms with E-state index >= 15 is 0 Å². The lowest BCUT2D eigenvalue weighted by Crippen LogP contribution is -2.61. The maximum atomic E-state index is 14.9. The highest BCUT2D eigenvalue weighted by Gasteiger charge is 2.51. The van der Waals surface area contributed by atoms with Crippen molar-refractivity contribution in [2.75, 3.05) is 6.54 Å². The van der Waals surface area contributed by atoms with Gasteiger partial charge in [-0.2, -0.15) is 8.78 Å². The Morgan fingerprint density at radius 2 is 1.71 bits per heavy atom. The Labute approximate surface area is 200 Å². The summed E-state index contributed by atoms with van der Waals surface area (Å²) in [5.41, 5.74) is 0.636. The average Bonchev–Trinajstić information content (AvgIpc) is 3.29. The van der Waals surface area contributed by atoms with E-state index in [0.717, 1.165) is 0 Å². The van der Waals surface area contributed by atoms with E-state index in [-0.39, 0.29) is 24.3 Å². The fraction of sp³-hybridized carbons (Fsp3) is 0.640. The molecule has 2 rings (SSSR count). The summed E-state index contributed by atoms with van der Waals surface area (Å²) < 4.78 is 29.7. The zero-order valence-electron chi connectivity index (χ0n) is 20.6. The molecule has 3 amide bonds. The Morgan fingerprint density at radius 1 is 1.09 bits per heavy atom. The van der Waals surface area contributed by atoms with Crippen molar-refractivity contribution in [2.45, 2.75) is 78.1 Å². The summed E-state index contributed by atoms with van der Waals surface area (Å²) in [5.74, 6) is -7.28. The van der Waals surface area contributed by atoms with E-state index in [4.69, 9.17) is 0 Å². The van der Waals surface area contributed by atoms with E-state index in [9.17, 15) is 28.3 Å². The van der Waals surface area contributed by atoms with Crippen molar-refractivity contribution in [1.82, 2.24) is 15.5 Å². The van der Waals surface area contributed by atoms with Crippen LogP contribution in [0, 0.1) is 17.8 Å². The van der Waals surface area contributed by atoms with Crippen LogP contribution in [0.15, 0.2) is 30.3 Å². The van der Waals surface area contributed by atoms with Crippen molar-refractivity contribution < 1.29 is 28.3 Å². The van der Waals surface area contributed by atoms with Gasteiger partial charge in [0.1, 0.15) is 12.1 Å². The zero-order chi connectivity index (χ0) is 25.6. The number of aliphatic hydroxyl groups is 1. The molecular formula is C25H37F2N3O4. The van der Waals surface area contributed by atoms with Crippen LogP contribution in [0.5, 0.6) is 0 Å². The van der Waals surface area contributed by atoms with Crippen LogP contribution in [0.2, 0.25) is 0 Å². The highest BCUT2D eigenvalue weighted by Crippen LogP contribution is 2.27. The minimum atomic E-state index is -4.13. The molecular weight excluding hydrogens is 444 g/mol. The first-order chi connectivity index (χ1) is 15.9. The fourth-order valence-electron chi connectivity index (χ4n) is 3.98. The predicted molar refractivity (Wildman–Crippen MR) is 125 cm³/mol. The molecule has 0 aromatic heterocycles. The van der Waals surface area contributed by atoms with Crippen molar-refractivity contribution in [3.63, 3.8) is 0 Å². The summed E-state index contributed by atoms with van der Waals surface area (Å²) in [6.45, 7) is 9.09. The molecule has 0 saturated carbocycles. The van der Waals surface area contributed by atoms with Crippen molar-refractivity contribution >= 4 is 17.7 Å². The second-order valence-electron chi connectivity index (χ2n) is 9.74. The summed E-state index contributed by atoms with van der Waals surface area (Å²) in [6.07, 6.45) is -1.40. The molecule has 190 valence electrons. The molecule has 34 heavy (non-hydrogen) atoms. The molecule has 1 aromatic carbocycles. The molecule has 3 N–H and O–H groups in total. The normalized spacial score (nSPS) is 19.1. The topological polar surface area (TPSA) is 98.7 Å². The molecule has 1 aliphatic heterocycles. The second kappa shape index (κ2) is 11.7. The van der Waals surface area contributed by atoms with E-state index in [1.807, 2.05) is 13.8 Å². The number of carbonyl (C=O) groups is 3. The van der Waals surface area contributed by atoms with Gasteiger partial charge in [-0.1, -0.05) is 65.0 Å². The van der Waals surface area contributed by atoms with Crippen LogP contribution in [0.1, 0.15) is 53.0 Å². The molecule has 0 radical (unpaired) electrons. The Morgan fingerprint density at radius 3 is 2.26 bits per heavy atom. The molecule has 1 fully saturated rings. The Hall–Kier alpha value is -2.55. The van der Waals surface area contributed by atoms with Crippen LogP contribution in [-0.4, -0.2) is 58.4 Å². The van der Waals surface area contributed by atoms with Gasteiger partial charge >= 0.3 is 5.92 Å². The van der Waals surface area contributed by atoms with Crippen LogP contribution < -0.4 is 10.6 Å². The molecule has 0 spiro atoms. The van der Waals surface area contributed by atoms with Crippen LogP contribution >= 0.6 is 0 Å². The summed E-state index contributed by atoms with van der Waals surface area (Å²) >= 11 is 0. The van der Waals surface area contributed by atoms with E-state index < -0.39 is 41.8 Å². The van der Waals surface area contributed by atoms with Crippen LogP contribution in [0.25, 0.3) is 0 Å². The molecule has 4 atom stereocenters. The SMILES string of the molecule is CC(C)C(C)C(=O)N1CCCC1C(=O)NC(C(C)C)C(O)C(F)(F)C(=O)NCc1ccccc1. The first kappa shape index (κ1) is 27.7. The molecule has 1 saturated heterocycles. The van der Waals surface area contributed by atoms with E-state index in [0.29, 0.717) is 24.9 Å². The van der Waals surface area contributed by atoms with Gasteiger partial charge in [0.15, 0.2) is 0 Å². The lowest BCUT2D eigenvalue weighted by molar-refractivity contribution is -0.169. The number of benzene rings is 1. The van der Waals surface area contributed by atoms with Crippen molar-refractivity contribution in [3.05, 3.63) is 35.9 Å².